The number of allylic oxidation sites excluding steroid dienone is 7. The number of hydrogen-bond donors (Lipinski definition) is 0. The van der Waals surface area contributed by atoms with E-state index < -0.39 is 0 Å². The van der Waals surface area contributed by atoms with E-state index in [4.69, 9.17) is 8.83 Å². The van der Waals surface area contributed by atoms with Gasteiger partial charge in [-0.3, -0.25) is 0 Å². The molecule has 0 amide bonds. The molecule has 10 aromatic carbocycles. The van der Waals surface area contributed by atoms with Crippen molar-refractivity contribution >= 4 is 110 Å². The van der Waals surface area contributed by atoms with Crippen LogP contribution in [0.4, 0.5) is 28.4 Å². The van der Waals surface area contributed by atoms with Crippen LogP contribution in [0.25, 0.3) is 92.9 Å². The van der Waals surface area contributed by atoms with Gasteiger partial charge in [-0.2, -0.15) is 0 Å². The van der Waals surface area contributed by atoms with Crippen molar-refractivity contribution in [1.82, 2.24) is 0 Å². The first kappa shape index (κ1) is 40.4. The second-order valence-electron chi connectivity index (χ2n) is 16.9. The predicted octanol–water partition coefficient (Wildman–Crippen LogP) is 18.7. The highest BCUT2D eigenvalue weighted by molar-refractivity contribution is 6.28. The fourth-order valence-electron chi connectivity index (χ4n) is 10.3. The van der Waals surface area contributed by atoms with E-state index in [1.807, 2.05) is 36.4 Å². The molecule has 0 fully saturated rings. The maximum Gasteiger partial charge on any atom is 0.159 e. The molecule has 2 heterocycles. The monoisotopic (exact) mass is 872 g/mol. The van der Waals surface area contributed by atoms with E-state index in [0.29, 0.717) is 0 Å². The Kier molecular flexibility index (Phi) is 9.74. The van der Waals surface area contributed by atoms with Crippen LogP contribution in [0.1, 0.15) is 5.56 Å². The number of rotatable bonds is 12. The summed E-state index contributed by atoms with van der Waals surface area (Å²) in [5, 5.41) is 11.0. The van der Waals surface area contributed by atoms with Gasteiger partial charge in [0.2, 0.25) is 0 Å². The lowest BCUT2D eigenvalue weighted by atomic mass is 9.91. The first-order valence-electron chi connectivity index (χ1n) is 22.8. The smallest absolute Gasteiger partial charge is 0.159 e. The molecule has 2 aromatic heterocycles. The van der Waals surface area contributed by atoms with Crippen molar-refractivity contribution in [1.29, 1.82) is 0 Å². The van der Waals surface area contributed by atoms with E-state index in [0.717, 1.165) is 127 Å². The molecule has 68 heavy (non-hydrogen) atoms. The van der Waals surface area contributed by atoms with Crippen LogP contribution in [0.3, 0.4) is 0 Å². The SMILES string of the molecule is C=C/C=C(\C=C)c1cccc2c1oc1c(N(/C(C=C)=C/C=C)c3ccc4ccc5c(N(c6ccccc6)c6cccc7c6oc6c(-c8ccccc8)cccc67)ccc6ccc3c4c65)cccc12. The molecule has 322 valence electrons. The Morgan fingerprint density at radius 3 is 1.60 bits per heavy atom. The van der Waals surface area contributed by atoms with Gasteiger partial charge >= 0.3 is 0 Å². The van der Waals surface area contributed by atoms with Crippen molar-refractivity contribution in [3.05, 3.63) is 256 Å². The van der Waals surface area contributed by atoms with Crippen LogP contribution in [0.2, 0.25) is 0 Å². The fourth-order valence-corrected chi connectivity index (χ4v) is 10.3. The second-order valence-corrected chi connectivity index (χ2v) is 16.9. The lowest BCUT2D eigenvalue weighted by Gasteiger charge is -2.29. The van der Waals surface area contributed by atoms with Gasteiger partial charge in [0.05, 0.1) is 22.7 Å². The lowest BCUT2D eigenvalue weighted by molar-refractivity contribution is 0.667. The van der Waals surface area contributed by atoms with Crippen molar-refractivity contribution < 1.29 is 8.83 Å². The summed E-state index contributed by atoms with van der Waals surface area (Å²) in [6.07, 6.45) is 11.3. The third-order valence-corrected chi connectivity index (χ3v) is 13.3. The minimum Gasteiger partial charge on any atom is -0.453 e. The fraction of sp³-hybridized carbons (Fsp3) is 0. The van der Waals surface area contributed by atoms with E-state index in [9.17, 15) is 0 Å². The van der Waals surface area contributed by atoms with Crippen molar-refractivity contribution in [2.45, 2.75) is 0 Å². The zero-order chi connectivity index (χ0) is 45.9. The highest BCUT2D eigenvalue weighted by atomic mass is 16.3. The highest BCUT2D eigenvalue weighted by Gasteiger charge is 2.26. The van der Waals surface area contributed by atoms with Gasteiger partial charge in [0, 0.05) is 54.8 Å². The molecule has 0 atom stereocenters. The van der Waals surface area contributed by atoms with Gasteiger partial charge < -0.3 is 18.6 Å². The first-order valence-corrected chi connectivity index (χ1v) is 22.8. The van der Waals surface area contributed by atoms with Gasteiger partial charge in [0.15, 0.2) is 11.2 Å². The van der Waals surface area contributed by atoms with E-state index in [2.05, 4.69) is 212 Å². The first-order chi connectivity index (χ1) is 33.6. The number of hydrogen-bond acceptors (Lipinski definition) is 4. The minimum absolute atomic E-state index is 0.760. The topological polar surface area (TPSA) is 32.8 Å². The van der Waals surface area contributed by atoms with Gasteiger partial charge in [-0.15, -0.1) is 0 Å². The maximum atomic E-state index is 7.05. The standard InChI is InChI=1S/C64H44N2O2/c1-5-19-41(7-3)47-25-15-27-49-51-29-17-31-57(63(51)67-61(47)49)65(45(8-4)20-6-2)55-39-35-43-34-38-54-56(40-36-44-33-37-53(55)59(43)60(44)54)66(46-23-13-10-14-24-46)58-32-18-30-52-50-28-16-26-48(62(50)68-64(52)58)42-21-11-9-12-22-42/h5-40H,1-4H2/b41-19+,45-20+. The zero-order valence-corrected chi connectivity index (χ0v) is 37.3. The van der Waals surface area contributed by atoms with E-state index in [1.165, 1.54) is 5.39 Å². The molecule has 4 nitrogen and oxygen atoms in total. The third kappa shape index (κ3) is 6.23. The maximum absolute atomic E-state index is 7.05. The molecular weight excluding hydrogens is 829 g/mol. The van der Waals surface area contributed by atoms with E-state index in [1.54, 1.807) is 6.08 Å². The summed E-state index contributed by atoms with van der Waals surface area (Å²) < 4.78 is 14.0. The van der Waals surface area contributed by atoms with Crippen LogP contribution in [-0.2, 0) is 0 Å². The summed E-state index contributed by atoms with van der Waals surface area (Å²) in [5.41, 5.74) is 13.1. The Morgan fingerprint density at radius 2 is 0.941 bits per heavy atom. The molecule has 0 aliphatic carbocycles. The largest absolute Gasteiger partial charge is 0.453 e. The highest BCUT2D eigenvalue weighted by Crippen LogP contribution is 2.50. The van der Waals surface area contributed by atoms with Crippen molar-refractivity contribution in [2.24, 2.45) is 0 Å². The molecule has 0 unspecified atom stereocenters. The van der Waals surface area contributed by atoms with Crippen molar-refractivity contribution in [3.8, 4) is 11.1 Å². The number of anilines is 5. The van der Waals surface area contributed by atoms with Crippen LogP contribution >= 0.6 is 0 Å². The number of furan rings is 2. The average Bonchev–Trinajstić information content (AvgIpc) is 3.98. The molecule has 0 radical (unpaired) electrons. The molecule has 0 saturated heterocycles. The average molecular weight is 873 g/mol. The van der Waals surface area contributed by atoms with Crippen molar-refractivity contribution in [3.63, 3.8) is 0 Å². The van der Waals surface area contributed by atoms with Crippen LogP contribution in [0, 0.1) is 0 Å². The number of fused-ring (bicyclic) bond motifs is 6. The van der Waals surface area contributed by atoms with Gasteiger partial charge in [0.25, 0.3) is 0 Å². The molecular formula is C64H44N2O2. The molecule has 4 heteroatoms. The zero-order valence-electron chi connectivity index (χ0n) is 37.3. The van der Waals surface area contributed by atoms with Gasteiger partial charge in [-0.1, -0.05) is 196 Å². The Labute approximate surface area is 394 Å². The Balaban J connectivity index is 1.10. The van der Waals surface area contributed by atoms with Crippen molar-refractivity contribution in [2.75, 3.05) is 9.80 Å². The number of nitrogens with zero attached hydrogens (tertiary/aromatic N) is 2. The quantitative estimate of drug-likeness (QED) is 0.0904. The summed E-state index contributed by atoms with van der Waals surface area (Å²) in [4.78, 5) is 4.61. The Hall–Kier alpha value is -9.12. The summed E-state index contributed by atoms with van der Waals surface area (Å²) in [5.74, 6) is 0. The molecule has 0 aliphatic heterocycles. The summed E-state index contributed by atoms with van der Waals surface area (Å²) >= 11 is 0. The molecule has 0 N–H and O–H groups in total. The van der Waals surface area contributed by atoms with Gasteiger partial charge in [-0.05, 0) is 81.2 Å². The normalized spacial score (nSPS) is 12.2. The van der Waals surface area contributed by atoms with E-state index >= 15 is 0 Å². The molecule has 0 bridgehead atoms. The third-order valence-electron chi connectivity index (χ3n) is 13.3. The summed E-state index contributed by atoms with van der Waals surface area (Å²) in [6.45, 7) is 16.5. The van der Waals surface area contributed by atoms with E-state index in [-0.39, 0.29) is 0 Å². The minimum atomic E-state index is 0.760. The molecule has 0 aliphatic rings. The number of para-hydroxylation sites is 5. The molecule has 12 rings (SSSR count). The van der Waals surface area contributed by atoms with Gasteiger partial charge in [-0.25, -0.2) is 0 Å². The predicted molar refractivity (Wildman–Crippen MR) is 290 cm³/mol. The van der Waals surface area contributed by atoms with Crippen LogP contribution in [0.5, 0.6) is 0 Å². The molecule has 0 saturated carbocycles. The van der Waals surface area contributed by atoms with Gasteiger partial charge in [0.1, 0.15) is 11.2 Å². The Bertz CT molecular complexity index is 4050. The Morgan fingerprint density at radius 1 is 0.397 bits per heavy atom. The van der Waals surface area contributed by atoms with Crippen LogP contribution in [0.15, 0.2) is 259 Å². The van der Waals surface area contributed by atoms with Crippen LogP contribution < -0.4 is 9.80 Å². The number of benzene rings is 10. The summed E-state index contributed by atoms with van der Waals surface area (Å²) in [7, 11) is 0. The second kappa shape index (κ2) is 16.4. The summed E-state index contributed by atoms with van der Waals surface area (Å²) in [6, 6.07) is 64.5. The van der Waals surface area contributed by atoms with Crippen LogP contribution in [-0.4, -0.2) is 0 Å². The molecule has 0 spiro atoms. The lowest BCUT2D eigenvalue weighted by Crippen LogP contribution is -2.16. The molecule has 12 aromatic rings.